The van der Waals surface area contributed by atoms with Crippen LogP contribution in [-0.2, 0) is 11.2 Å². The molecule has 0 aliphatic carbocycles. The van der Waals surface area contributed by atoms with E-state index in [0.717, 1.165) is 21.8 Å². The van der Waals surface area contributed by atoms with Crippen LogP contribution in [0.5, 0.6) is 0 Å². The number of rotatable bonds is 5. The molecule has 3 rings (SSSR count). The van der Waals surface area contributed by atoms with Crippen LogP contribution in [0.3, 0.4) is 0 Å². The van der Waals surface area contributed by atoms with E-state index in [4.69, 9.17) is 0 Å². The van der Waals surface area contributed by atoms with Gasteiger partial charge in [-0.2, -0.15) is 0 Å². The molecule has 0 bridgehead atoms. The Balaban J connectivity index is 1.82. The Morgan fingerprint density at radius 2 is 1.79 bits per heavy atom. The predicted octanol–water partition coefficient (Wildman–Crippen LogP) is 4.04. The molecule has 3 aromatic rings. The number of amides is 1. The minimum Gasteiger partial charge on any atom is -0.345 e. The van der Waals surface area contributed by atoms with Gasteiger partial charge in [-0.3, -0.25) is 4.79 Å². The summed E-state index contributed by atoms with van der Waals surface area (Å²) in [6.45, 7) is 1.91. The maximum Gasteiger partial charge on any atom is 0.226 e. The average Bonchev–Trinajstić information content (AvgIpc) is 2.99. The molecular weight excluding hydrogens is 323 g/mol. The van der Waals surface area contributed by atoms with Crippen LogP contribution in [0.15, 0.2) is 60.0 Å². The zero-order valence-electron chi connectivity index (χ0n) is 13.2. The topological polar surface area (TPSA) is 42.0 Å². The Morgan fingerprint density at radius 1 is 1.12 bits per heavy atom. The van der Waals surface area contributed by atoms with Gasteiger partial charge in [0, 0.05) is 5.38 Å². The second kappa shape index (κ2) is 7.36. The van der Waals surface area contributed by atoms with Crippen LogP contribution in [0.25, 0.3) is 0 Å². The van der Waals surface area contributed by atoms with E-state index in [2.05, 4.69) is 10.3 Å². The Bertz CT molecular complexity index is 815. The molecule has 0 radical (unpaired) electrons. The fourth-order valence-electron chi connectivity index (χ4n) is 2.53. The maximum absolute atomic E-state index is 13.2. The zero-order valence-corrected chi connectivity index (χ0v) is 14.0. The highest BCUT2D eigenvalue weighted by Crippen LogP contribution is 2.22. The van der Waals surface area contributed by atoms with Gasteiger partial charge in [-0.05, 0) is 30.2 Å². The lowest BCUT2D eigenvalue weighted by atomic mass is 9.98. The SMILES string of the molecule is Cc1nc(CC(=O)NC(c2ccccc2)c2ccc(F)cc2)cs1. The van der Waals surface area contributed by atoms with E-state index in [-0.39, 0.29) is 24.2 Å². The third-order valence-electron chi connectivity index (χ3n) is 3.65. The van der Waals surface area contributed by atoms with E-state index in [1.165, 1.54) is 23.5 Å². The van der Waals surface area contributed by atoms with Gasteiger partial charge in [0.1, 0.15) is 5.82 Å². The lowest BCUT2D eigenvalue weighted by Gasteiger charge is -2.19. The number of nitrogens with zero attached hydrogens (tertiary/aromatic N) is 1. The van der Waals surface area contributed by atoms with Crippen LogP contribution in [0.4, 0.5) is 4.39 Å². The number of carbonyl (C=O) groups excluding carboxylic acids is 1. The molecule has 0 aliphatic rings. The summed E-state index contributed by atoms with van der Waals surface area (Å²) in [4.78, 5) is 16.7. The first-order valence-corrected chi connectivity index (χ1v) is 8.50. The molecule has 3 nitrogen and oxygen atoms in total. The van der Waals surface area contributed by atoms with Crippen molar-refractivity contribution in [1.82, 2.24) is 10.3 Å². The van der Waals surface area contributed by atoms with Gasteiger partial charge in [0.15, 0.2) is 0 Å². The molecule has 5 heteroatoms. The smallest absolute Gasteiger partial charge is 0.226 e. The van der Waals surface area contributed by atoms with E-state index in [0.29, 0.717) is 0 Å². The summed E-state index contributed by atoms with van der Waals surface area (Å²) in [6, 6.07) is 15.5. The van der Waals surface area contributed by atoms with Crippen molar-refractivity contribution in [3.63, 3.8) is 0 Å². The van der Waals surface area contributed by atoms with Crippen LogP contribution in [0.2, 0.25) is 0 Å². The van der Waals surface area contributed by atoms with Gasteiger partial charge in [-0.15, -0.1) is 11.3 Å². The summed E-state index contributed by atoms with van der Waals surface area (Å²) in [5, 5.41) is 5.86. The lowest BCUT2D eigenvalue weighted by molar-refractivity contribution is -0.121. The molecule has 1 heterocycles. The van der Waals surface area contributed by atoms with Crippen molar-refractivity contribution in [2.75, 3.05) is 0 Å². The highest BCUT2D eigenvalue weighted by molar-refractivity contribution is 7.09. The molecule has 0 saturated heterocycles. The molecule has 122 valence electrons. The maximum atomic E-state index is 13.2. The van der Waals surface area contributed by atoms with Crippen molar-refractivity contribution in [3.05, 3.63) is 87.6 Å². The van der Waals surface area contributed by atoms with Crippen molar-refractivity contribution < 1.29 is 9.18 Å². The average molecular weight is 340 g/mol. The van der Waals surface area contributed by atoms with Crippen LogP contribution in [0, 0.1) is 12.7 Å². The van der Waals surface area contributed by atoms with E-state index in [9.17, 15) is 9.18 Å². The highest BCUT2D eigenvalue weighted by atomic mass is 32.1. The second-order valence-electron chi connectivity index (χ2n) is 5.50. The number of benzene rings is 2. The van der Waals surface area contributed by atoms with Crippen LogP contribution < -0.4 is 5.32 Å². The molecule has 0 spiro atoms. The van der Waals surface area contributed by atoms with Crippen LogP contribution in [-0.4, -0.2) is 10.9 Å². The zero-order chi connectivity index (χ0) is 16.9. The molecule has 0 fully saturated rings. The standard InChI is InChI=1S/C19H17FN2OS/c1-13-21-17(12-24-13)11-18(23)22-19(14-5-3-2-4-6-14)15-7-9-16(20)10-8-15/h2-10,12,19H,11H2,1H3,(H,22,23). The fraction of sp³-hybridized carbons (Fsp3) is 0.158. The third-order valence-corrected chi connectivity index (χ3v) is 4.47. The highest BCUT2D eigenvalue weighted by Gasteiger charge is 2.17. The van der Waals surface area contributed by atoms with Crippen molar-refractivity contribution in [3.8, 4) is 0 Å². The minimum atomic E-state index is -0.320. The number of aryl methyl sites for hydroxylation is 1. The van der Waals surface area contributed by atoms with Crippen molar-refractivity contribution in [2.24, 2.45) is 0 Å². The fourth-order valence-corrected chi connectivity index (χ4v) is 3.14. The molecule has 1 N–H and O–H groups in total. The first kappa shape index (κ1) is 16.3. The van der Waals surface area contributed by atoms with Gasteiger partial charge in [0.25, 0.3) is 0 Å². The molecule has 24 heavy (non-hydrogen) atoms. The number of halogens is 1. The number of aromatic nitrogens is 1. The van der Waals surface area contributed by atoms with E-state index < -0.39 is 0 Å². The van der Waals surface area contributed by atoms with Crippen LogP contribution in [0.1, 0.15) is 27.9 Å². The lowest BCUT2D eigenvalue weighted by Crippen LogP contribution is -2.30. The van der Waals surface area contributed by atoms with Gasteiger partial charge in [-0.25, -0.2) is 9.37 Å². The number of hydrogen-bond donors (Lipinski definition) is 1. The molecule has 1 amide bonds. The summed E-state index contributed by atoms with van der Waals surface area (Å²) in [6.07, 6.45) is 0.231. The summed E-state index contributed by atoms with van der Waals surface area (Å²) >= 11 is 1.53. The normalized spacial score (nSPS) is 11.9. The Hall–Kier alpha value is -2.53. The van der Waals surface area contributed by atoms with Gasteiger partial charge in [0.05, 0.1) is 23.2 Å². The third kappa shape index (κ3) is 4.06. The van der Waals surface area contributed by atoms with Crippen molar-refractivity contribution >= 4 is 17.2 Å². The minimum absolute atomic E-state index is 0.113. The van der Waals surface area contributed by atoms with E-state index >= 15 is 0 Å². The summed E-state index contributed by atoms with van der Waals surface area (Å²) in [5.74, 6) is -0.409. The molecule has 1 atom stereocenters. The van der Waals surface area contributed by atoms with Gasteiger partial charge >= 0.3 is 0 Å². The number of nitrogens with one attached hydrogen (secondary N) is 1. The first-order chi connectivity index (χ1) is 11.6. The Morgan fingerprint density at radius 3 is 2.42 bits per heavy atom. The summed E-state index contributed by atoms with van der Waals surface area (Å²) in [5.41, 5.74) is 2.55. The largest absolute Gasteiger partial charge is 0.345 e. The predicted molar refractivity (Wildman–Crippen MR) is 93.4 cm³/mol. The van der Waals surface area contributed by atoms with E-state index in [1.54, 1.807) is 12.1 Å². The summed E-state index contributed by atoms with van der Waals surface area (Å²) in [7, 11) is 0. The Kier molecular flexibility index (Phi) is 5.01. The Labute approximate surface area is 144 Å². The number of thiazole rings is 1. The monoisotopic (exact) mass is 340 g/mol. The van der Waals surface area contributed by atoms with Crippen molar-refractivity contribution in [1.29, 1.82) is 0 Å². The van der Waals surface area contributed by atoms with Gasteiger partial charge in [0.2, 0.25) is 5.91 Å². The number of carbonyl (C=O) groups is 1. The first-order valence-electron chi connectivity index (χ1n) is 7.62. The molecule has 1 aromatic heterocycles. The number of hydrogen-bond acceptors (Lipinski definition) is 3. The van der Waals surface area contributed by atoms with E-state index in [1.807, 2.05) is 42.6 Å². The molecule has 2 aromatic carbocycles. The quantitative estimate of drug-likeness (QED) is 0.762. The second-order valence-corrected chi connectivity index (χ2v) is 6.56. The van der Waals surface area contributed by atoms with Crippen molar-refractivity contribution in [2.45, 2.75) is 19.4 Å². The molecule has 0 saturated carbocycles. The molecule has 1 unspecified atom stereocenters. The molecular formula is C19H17FN2OS. The van der Waals surface area contributed by atoms with Gasteiger partial charge in [-0.1, -0.05) is 42.5 Å². The molecule has 0 aliphatic heterocycles. The summed E-state index contributed by atoms with van der Waals surface area (Å²) < 4.78 is 13.2. The van der Waals surface area contributed by atoms with Crippen LogP contribution >= 0.6 is 11.3 Å². The van der Waals surface area contributed by atoms with Gasteiger partial charge < -0.3 is 5.32 Å².